The lowest BCUT2D eigenvalue weighted by molar-refractivity contribution is -0.0591. The second kappa shape index (κ2) is 17.0. The molecule has 3 fully saturated rings. The molecule has 0 aliphatic carbocycles. The molecule has 3 aliphatic rings. The number of hydrogen-bond acceptors (Lipinski definition) is 26. The van der Waals surface area contributed by atoms with E-state index in [9.17, 15) is 35.3 Å². The number of anilines is 3. The van der Waals surface area contributed by atoms with Crippen LogP contribution in [0.1, 0.15) is 18.7 Å². The third-order valence-electron chi connectivity index (χ3n) is 10.4. The van der Waals surface area contributed by atoms with E-state index in [1.54, 1.807) is 0 Å². The Labute approximate surface area is 361 Å². The normalized spacial score (nSPS) is 31.9. The lowest BCUT2D eigenvalue weighted by Gasteiger charge is -2.27. The van der Waals surface area contributed by atoms with E-state index in [4.69, 9.17) is 73.1 Å². The molecule has 0 bridgehead atoms. The molecule has 63 heavy (non-hydrogen) atoms. The Bertz CT molecular complexity index is 2750. The van der Waals surface area contributed by atoms with Crippen molar-refractivity contribution in [1.82, 2.24) is 58.6 Å². The van der Waals surface area contributed by atoms with Crippen molar-refractivity contribution < 1.29 is 67.6 Å². The first-order valence-electron chi connectivity index (χ1n) is 18.5. The summed E-state index contributed by atoms with van der Waals surface area (Å²) < 4.78 is 44.8. The molecule has 3 aliphatic heterocycles. The largest absolute Gasteiger partial charge is 0.394 e. The number of aliphatic hydroxyl groups excluding tert-OH is 5. The second-order valence-electron chi connectivity index (χ2n) is 14.3. The van der Waals surface area contributed by atoms with Crippen molar-refractivity contribution in [1.29, 1.82) is 0 Å². The molecular weight excluding hydrogens is 921 g/mol. The Balaban J connectivity index is 0.913. The number of nitrogens with zero attached hydrogens (tertiary/aromatic N) is 12. The van der Waals surface area contributed by atoms with Gasteiger partial charge in [-0.15, -0.1) is 0 Å². The molecule has 13 N–H and O–H groups in total. The second-order valence-corrected chi connectivity index (χ2v) is 19.8. The highest BCUT2D eigenvalue weighted by Crippen LogP contribution is 2.53. The Morgan fingerprint density at radius 1 is 0.540 bits per heavy atom. The van der Waals surface area contributed by atoms with Crippen LogP contribution in [0.3, 0.4) is 0 Å². The van der Waals surface area contributed by atoms with Gasteiger partial charge in [0.25, 0.3) is 0 Å². The summed E-state index contributed by atoms with van der Waals surface area (Å²) in [5.41, 5.74) is 18.9. The topological polar surface area (TPSA) is 415 Å². The quantitative estimate of drug-likeness (QED) is 0.0476. The number of hydrogen-bond donors (Lipinski definition) is 10. The van der Waals surface area contributed by atoms with E-state index in [0.717, 1.165) is 6.33 Å². The lowest BCUT2D eigenvalue weighted by Crippen LogP contribution is -2.37. The van der Waals surface area contributed by atoms with Gasteiger partial charge in [0, 0.05) is 0 Å². The van der Waals surface area contributed by atoms with Gasteiger partial charge in [0.15, 0.2) is 53.1 Å². The predicted molar refractivity (Wildman–Crippen MR) is 217 cm³/mol. The van der Waals surface area contributed by atoms with Crippen LogP contribution in [0.5, 0.6) is 0 Å². The van der Waals surface area contributed by atoms with E-state index in [0.29, 0.717) is 0 Å². The maximum absolute atomic E-state index is 11.7. The van der Waals surface area contributed by atoms with Gasteiger partial charge >= 0.3 is 13.4 Å². The number of nitrogen functional groups attached to an aromatic ring is 3. The summed E-state index contributed by atoms with van der Waals surface area (Å²) in [5, 5.41) is 54.5. The predicted octanol–water partition coefficient (Wildman–Crippen LogP) is -3.38. The van der Waals surface area contributed by atoms with Crippen molar-refractivity contribution in [2.45, 2.75) is 73.6 Å². The van der Waals surface area contributed by atoms with Crippen molar-refractivity contribution >= 4 is 88.0 Å². The number of rotatable bonds is 14. The van der Waals surface area contributed by atoms with E-state index < -0.39 is 107 Å². The van der Waals surface area contributed by atoms with Crippen LogP contribution in [0, 0.1) is 0 Å². The molecule has 9 rings (SSSR count). The van der Waals surface area contributed by atoms with Gasteiger partial charge in [-0.25, -0.2) is 44.9 Å². The van der Waals surface area contributed by atoms with Crippen molar-refractivity contribution in [3.05, 3.63) is 38.0 Å². The molecule has 0 aromatic carbocycles. The Hall–Kier alpha value is -4.21. The van der Waals surface area contributed by atoms with Crippen LogP contribution in [0.15, 0.2) is 38.0 Å². The first-order valence-corrected chi connectivity index (χ1v) is 23.6. The zero-order valence-electron chi connectivity index (χ0n) is 31.8. The summed E-state index contributed by atoms with van der Waals surface area (Å²) in [7, 11) is 0. The highest BCUT2D eigenvalue weighted by molar-refractivity contribution is 8.07. The fourth-order valence-corrected chi connectivity index (χ4v) is 10.2. The summed E-state index contributed by atoms with van der Waals surface area (Å²) in [4.78, 5) is 59.5. The van der Waals surface area contributed by atoms with E-state index in [2.05, 4.69) is 44.9 Å². The fraction of sp³-hybridized carbons (Fsp3) is 0.500. The van der Waals surface area contributed by atoms with Gasteiger partial charge in [-0.1, -0.05) is 0 Å². The molecule has 9 heterocycles. The van der Waals surface area contributed by atoms with Crippen LogP contribution >= 0.6 is 13.4 Å². The molecule has 338 valence electrons. The van der Waals surface area contributed by atoms with E-state index in [1.165, 1.54) is 45.3 Å². The zero-order valence-corrected chi connectivity index (χ0v) is 35.2. The smallest absolute Gasteiger partial charge is 0.325 e. The first-order chi connectivity index (χ1) is 30.1. The average molecular weight is 958 g/mol. The maximum Gasteiger partial charge on any atom is 0.325 e. The summed E-state index contributed by atoms with van der Waals surface area (Å²) in [6.07, 6.45) is -9.78. The molecular formula is C30H37N15O14P2S2. The molecule has 6 aromatic rings. The minimum atomic E-state index is -4.42. The molecule has 33 heteroatoms. The Morgan fingerprint density at radius 3 is 1.33 bits per heavy atom. The molecule has 14 atom stereocenters. The summed E-state index contributed by atoms with van der Waals surface area (Å²) in [6.45, 7) is -10.8. The summed E-state index contributed by atoms with van der Waals surface area (Å²) in [5.74, 6) is 0.148. The van der Waals surface area contributed by atoms with E-state index >= 15 is 0 Å². The van der Waals surface area contributed by atoms with Gasteiger partial charge in [-0.2, -0.15) is 0 Å². The molecule has 0 saturated carbocycles. The number of nitrogens with two attached hydrogens (primary N) is 3. The molecule has 8 unspecified atom stereocenters. The van der Waals surface area contributed by atoms with Gasteiger partial charge in [-0.05, 0) is 23.6 Å². The minimum absolute atomic E-state index is 0.0121. The van der Waals surface area contributed by atoms with E-state index in [1.807, 2.05) is 0 Å². The number of aromatic nitrogens is 12. The third-order valence-corrected chi connectivity index (χ3v) is 13.6. The van der Waals surface area contributed by atoms with Crippen molar-refractivity contribution in [3.63, 3.8) is 0 Å². The molecule has 29 nitrogen and oxygen atoms in total. The van der Waals surface area contributed by atoms with Crippen LogP contribution < -0.4 is 17.2 Å². The standard InChI is InChI=1S/C30H37N15O14P2S2/c31-22-13-25(37-4-34-22)43(7-40-13)28-19(50)16(47)11(56-28)2-53-60(51,62)59-21-18(49)12(57-30(21)45-9-42-15-24(33)36-6-39-27(15)45)3-54-61(52,63)58-20-17(48)10(1-46)55-29(20)44-8-41-14-23(32)35-5-38-26(14)44/h4-12,16-21,28-30,46-50H,1-3H2,(H,51,62)(H,52,63)(H2,31,34,37)(H2,32,35,38)(H2,33,36,39)/t10-,11-,12-,16?,17?,18?,19?,20?,21?,28-,29-,30-,60?,61?/m1/s1. The SMILES string of the molecule is Nc1ncnc2c1ncn2[C@@H]1O[C@H](COP(O)(=S)OC2C(O)[C@@H](COP(O)(=S)OC3C(O)[C@@H](CO)O[C@H]3n3cnc4c(N)ncnc43)O[C@H]2n2cnc3c(N)ncnc32)C(O)C1O. The van der Waals surface area contributed by atoms with Crippen LogP contribution in [-0.4, -0.2) is 169 Å². The number of fused-ring (bicyclic) bond motifs is 3. The first kappa shape index (κ1) is 44.0. The van der Waals surface area contributed by atoms with E-state index in [-0.39, 0.29) is 50.9 Å². The Morgan fingerprint density at radius 2 is 0.905 bits per heavy atom. The summed E-state index contributed by atoms with van der Waals surface area (Å²) in [6, 6.07) is 0. The molecule has 3 saturated heterocycles. The molecule has 0 amide bonds. The number of aliphatic hydroxyl groups is 5. The van der Waals surface area contributed by atoms with Crippen LogP contribution in [-0.2, 0) is 55.9 Å². The van der Waals surface area contributed by atoms with Gasteiger partial charge in [0.1, 0.15) is 90.5 Å². The highest BCUT2D eigenvalue weighted by atomic mass is 32.5. The summed E-state index contributed by atoms with van der Waals surface area (Å²) >= 11 is 10.7. The third kappa shape index (κ3) is 8.12. The van der Waals surface area contributed by atoms with Gasteiger partial charge in [0.05, 0.1) is 38.8 Å². The van der Waals surface area contributed by atoms with Gasteiger partial charge < -0.3 is 75.8 Å². The lowest BCUT2D eigenvalue weighted by atomic mass is 10.1. The fourth-order valence-electron chi connectivity index (χ4n) is 7.37. The Kier molecular flexibility index (Phi) is 11.9. The van der Waals surface area contributed by atoms with Gasteiger partial charge in [-0.3, -0.25) is 22.7 Å². The minimum Gasteiger partial charge on any atom is -0.394 e. The van der Waals surface area contributed by atoms with Crippen molar-refractivity contribution in [3.8, 4) is 0 Å². The molecule has 0 spiro atoms. The van der Waals surface area contributed by atoms with Crippen LogP contribution in [0.4, 0.5) is 17.5 Å². The molecule has 6 aromatic heterocycles. The monoisotopic (exact) mass is 957 g/mol. The zero-order chi connectivity index (χ0) is 44.5. The average Bonchev–Trinajstić information content (AvgIpc) is 4.11. The highest BCUT2D eigenvalue weighted by Gasteiger charge is 2.52. The van der Waals surface area contributed by atoms with Crippen molar-refractivity contribution in [2.24, 2.45) is 0 Å². The number of imidazole rings is 3. The van der Waals surface area contributed by atoms with Crippen LogP contribution in [0.25, 0.3) is 33.5 Å². The number of ether oxygens (including phenoxy) is 3. The molecule has 0 radical (unpaired) electrons. The van der Waals surface area contributed by atoms with Gasteiger partial charge in [0.2, 0.25) is 0 Å². The van der Waals surface area contributed by atoms with Crippen LogP contribution in [0.2, 0.25) is 0 Å². The maximum atomic E-state index is 11.7. The van der Waals surface area contributed by atoms with Crippen molar-refractivity contribution in [2.75, 3.05) is 37.0 Å².